The second-order valence-corrected chi connectivity index (χ2v) is 4.11. The van der Waals surface area contributed by atoms with Crippen LogP contribution in [0.4, 0.5) is 11.6 Å². The van der Waals surface area contributed by atoms with Crippen LogP contribution >= 0.6 is 0 Å². The van der Waals surface area contributed by atoms with Crippen molar-refractivity contribution in [3.8, 4) is 0 Å². The van der Waals surface area contributed by atoms with E-state index in [0.717, 1.165) is 17.2 Å². The summed E-state index contributed by atoms with van der Waals surface area (Å²) < 4.78 is 0. The van der Waals surface area contributed by atoms with Crippen molar-refractivity contribution >= 4 is 11.6 Å². The van der Waals surface area contributed by atoms with Crippen molar-refractivity contribution < 1.29 is 5.11 Å². The fourth-order valence-electron chi connectivity index (χ4n) is 1.18. The van der Waals surface area contributed by atoms with E-state index in [1.807, 2.05) is 14.0 Å². The lowest BCUT2D eigenvalue weighted by atomic mass is 10.1. The van der Waals surface area contributed by atoms with Gasteiger partial charge >= 0.3 is 0 Å². The van der Waals surface area contributed by atoms with Crippen molar-refractivity contribution in [2.75, 3.05) is 24.2 Å². The number of rotatable bonds is 4. The van der Waals surface area contributed by atoms with Gasteiger partial charge in [0, 0.05) is 19.2 Å². The molecule has 0 spiro atoms. The summed E-state index contributed by atoms with van der Waals surface area (Å²) >= 11 is 0. The molecular formula is C10H18N4O. The summed E-state index contributed by atoms with van der Waals surface area (Å²) in [5.74, 6) is 1.54. The summed E-state index contributed by atoms with van der Waals surface area (Å²) in [6.07, 6.45) is 1.49. The predicted molar refractivity (Wildman–Crippen MR) is 61.1 cm³/mol. The van der Waals surface area contributed by atoms with Gasteiger partial charge in [0.05, 0.1) is 5.60 Å². The van der Waals surface area contributed by atoms with Crippen LogP contribution in [0.1, 0.15) is 19.4 Å². The third-order valence-electron chi connectivity index (χ3n) is 2.01. The van der Waals surface area contributed by atoms with Gasteiger partial charge in [-0.1, -0.05) is 0 Å². The molecule has 0 aliphatic rings. The van der Waals surface area contributed by atoms with Crippen LogP contribution in [0.15, 0.2) is 6.33 Å². The Morgan fingerprint density at radius 1 is 1.33 bits per heavy atom. The molecular weight excluding hydrogens is 192 g/mol. The van der Waals surface area contributed by atoms with Gasteiger partial charge in [-0.15, -0.1) is 0 Å². The van der Waals surface area contributed by atoms with Gasteiger partial charge in [-0.05, 0) is 20.8 Å². The number of nitrogens with one attached hydrogen (secondary N) is 2. The molecule has 5 heteroatoms. The van der Waals surface area contributed by atoms with Crippen LogP contribution in [0.3, 0.4) is 0 Å². The molecule has 1 aromatic rings. The van der Waals surface area contributed by atoms with E-state index in [1.165, 1.54) is 6.33 Å². The molecule has 0 unspecified atom stereocenters. The van der Waals surface area contributed by atoms with Crippen molar-refractivity contribution in [1.29, 1.82) is 0 Å². The van der Waals surface area contributed by atoms with Gasteiger partial charge in [0.1, 0.15) is 18.0 Å². The predicted octanol–water partition coefficient (Wildman–Crippen LogP) is 1.01. The van der Waals surface area contributed by atoms with Crippen LogP contribution in [0, 0.1) is 6.92 Å². The zero-order valence-electron chi connectivity index (χ0n) is 9.63. The number of aromatic nitrogens is 2. The van der Waals surface area contributed by atoms with Crippen LogP contribution in [0.25, 0.3) is 0 Å². The lowest BCUT2D eigenvalue weighted by Crippen LogP contribution is -2.29. The summed E-state index contributed by atoms with van der Waals surface area (Å²) in [4.78, 5) is 8.19. The maximum atomic E-state index is 9.57. The second kappa shape index (κ2) is 4.44. The van der Waals surface area contributed by atoms with Crippen molar-refractivity contribution in [2.24, 2.45) is 0 Å². The Labute approximate surface area is 90.0 Å². The summed E-state index contributed by atoms with van der Waals surface area (Å²) in [5, 5.41) is 15.6. The van der Waals surface area contributed by atoms with E-state index in [2.05, 4.69) is 20.6 Å². The Morgan fingerprint density at radius 2 is 1.93 bits per heavy atom. The van der Waals surface area contributed by atoms with E-state index in [1.54, 1.807) is 13.8 Å². The standard InChI is InChI=1S/C10H18N4O/c1-7-8(11-4)13-6-14-9(7)12-5-10(2,3)15/h6,15H,5H2,1-4H3,(H2,11,12,13,14). The largest absolute Gasteiger partial charge is 0.389 e. The average molecular weight is 210 g/mol. The molecule has 1 heterocycles. The topological polar surface area (TPSA) is 70.1 Å². The van der Waals surface area contributed by atoms with E-state index in [9.17, 15) is 5.11 Å². The van der Waals surface area contributed by atoms with Crippen LogP contribution in [0.2, 0.25) is 0 Å². The molecule has 0 amide bonds. The second-order valence-electron chi connectivity index (χ2n) is 4.11. The molecule has 0 saturated carbocycles. The Morgan fingerprint density at radius 3 is 2.47 bits per heavy atom. The molecule has 0 atom stereocenters. The van der Waals surface area contributed by atoms with E-state index in [0.29, 0.717) is 6.54 Å². The smallest absolute Gasteiger partial charge is 0.134 e. The highest BCUT2D eigenvalue weighted by Gasteiger charge is 2.13. The first-order valence-electron chi connectivity index (χ1n) is 4.89. The summed E-state index contributed by atoms with van der Waals surface area (Å²) in [7, 11) is 1.81. The fraction of sp³-hybridized carbons (Fsp3) is 0.600. The summed E-state index contributed by atoms with van der Waals surface area (Å²) in [6.45, 7) is 5.87. The molecule has 1 rings (SSSR count). The highest BCUT2D eigenvalue weighted by Crippen LogP contribution is 2.17. The number of hydrogen-bond donors (Lipinski definition) is 3. The number of anilines is 2. The molecule has 3 N–H and O–H groups in total. The normalized spacial score (nSPS) is 11.3. The van der Waals surface area contributed by atoms with Crippen LogP contribution in [-0.4, -0.2) is 34.3 Å². The maximum Gasteiger partial charge on any atom is 0.134 e. The minimum atomic E-state index is -0.753. The molecule has 15 heavy (non-hydrogen) atoms. The molecule has 0 bridgehead atoms. The van der Waals surface area contributed by atoms with Crippen LogP contribution < -0.4 is 10.6 Å². The van der Waals surface area contributed by atoms with Gasteiger partial charge in [0.15, 0.2) is 0 Å². The van der Waals surface area contributed by atoms with E-state index >= 15 is 0 Å². The molecule has 0 fully saturated rings. The van der Waals surface area contributed by atoms with Gasteiger partial charge in [0.2, 0.25) is 0 Å². The summed E-state index contributed by atoms with van der Waals surface area (Å²) in [6, 6.07) is 0. The molecule has 0 aromatic carbocycles. The Kier molecular flexibility index (Phi) is 3.47. The first-order chi connectivity index (χ1) is 6.94. The van der Waals surface area contributed by atoms with Gasteiger partial charge in [-0.2, -0.15) is 0 Å². The minimum Gasteiger partial charge on any atom is -0.389 e. The van der Waals surface area contributed by atoms with Crippen molar-refractivity contribution in [1.82, 2.24) is 9.97 Å². The molecule has 1 aromatic heterocycles. The molecule has 5 nitrogen and oxygen atoms in total. The Hall–Kier alpha value is -1.36. The van der Waals surface area contributed by atoms with Crippen LogP contribution in [-0.2, 0) is 0 Å². The fourth-order valence-corrected chi connectivity index (χ4v) is 1.18. The van der Waals surface area contributed by atoms with Gasteiger partial charge in [-0.3, -0.25) is 0 Å². The molecule has 0 aliphatic carbocycles. The van der Waals surface area contributed by atoms with E-state index in [-0.39, 0.29) is 0 Å². The molecule has 0 radical (unpaired) electrons. The first kappa shape index (κ1) is 11.7. The quantitative estimate of drug-likeness (QED) is 0.692. The van der Waals surface area contributed by atoms with Crippen molar-refractivity contribution in [3.05, 3.63) is 11.9 Å². The minimum absolute atomic E-state index is 0.452. The van der Waals surface area contributed by atoms with Crippen molar-refractivity contribution in [2.45, 2.75) is 26.4 Å². The average Bonchev–Trinajstić information content (AvgIpc) is 2.15. The zero-order chi connectivity index (χ0) is 11.5. The maximum absolute atomic E-state index is 9.57. The van der Waals surface area contributed by atoms with Gasteiger partial charge < -0.3 is 15.7 Å². The third-order valence-corrected chi connectivity index (χ3v) is 2.01. The Bertz CT molecular complexity index is 333. The van der Waals surface area contributed by atoms with Gasteiger partial charge in [-0.25, -0.2) is 9.97 Å². The van der Waals surface area contributed by atoms with E-state index in [4.69, 9.17) is 0 Å². The van der Waals surface area contributed by atoms with Gasteiger partial charge in [0.25, 0.3) is 0 Å². The monoisotopic (exact) mass is 210 g/mol. The molecule has 0 saturated heterocycles. The van der Waals surface area contributed by atoms with Crippen LogP contribution in [0.5, 0.6) is 0 Å². The lowest BCUT2D eigenvalue weighted by Gasteiger charge is -2.19. The third kappa shape index (κ3) is 3.36. The highest BCUT2D eigenvalue weighted by atomic mass is 16.3. The first-order valence-corrected chi connectivity index (χ1v) is 4.89. The molecule has 84 valence electrons. The summed E-state index contributed by atoms with van der Waals surface area (Å²) in [5.41, 5.74) is 0.196. The number of hydrogen-bond acceptors (Lipinski definition) is 5. The highest BCUT2D eigenvalue weighted by molar-refractivity contribution is 5.56. The lowest BCUT2D eigenvalue weighted by molar-refractivity contribution is 0.0944. The van der Waals surface area contributed by atoms with Crippen molar-refractivity contribution in [3.63, 3.8) is 0 Å². The molecule has 0 aliphatic heterocycles. The van der Waals surface area contributed by atoms with E-state index < -0.39 is 5.60 Å². The zero-order valence-corrected chi connectivity index (χ0v) is 9.63. The Balaban J connectivity index is 2.78. The number of nitrogens with zero attached hydrogens (tertiary/aromatic N) is 2. The SMILES string of the molecule is CNc1ncnc(NCC(C)(C)O)c1C. The number of aliphatic hydroxyl groups is 1.